The van der Waals surface area contributed by atoms with Crippen molar-refractivity contribution < 1.29 is 8.42 Å². The molecule has 0 unspecified atom stereocenters. The van der Waals surface area contributed by atoms with Crippen LogP contribution in [0.3, 0.4) is 0 Å². The zero-order valence-corrected chi connectivity index (χ0v) is 17.9. The molecule has 0 spiro atoms. The monoisotopic (exact) mass is 418 g/mol. The molecule has 1 aromatic heterocycles. The molecule has 4 aromatic rings. The van der Waals surface area contributed by atoms with Gasteiger partial charge in [-0.2, -0.15) is 0 Å². The number of hydrogen-bond donors (Lipinski definition) is 0. The van der Waals surface area contributed by atoms with E-state index in [2.05, 4.69) is 53.4 Å². The number of hydrogen-bond acceptors (Lipinski definition) is 3. The Hall–Kier alpha value is -2.89. The van der Waals surface area contributed by atoms with Crippen LogP contribution in [0.15, 0.2) is 91.0 Å². The minimum absolute atomic E-state index is 0.654. The summed E-state index contributed by atoms with van der Waals surface area (Å²) in [5.74, 6) is 0. The van der Waals surface area contributed by atoms with Crippen LogP contribution in [-0.2, 0) is 29.5 Å². The van der Waals surface area contributed by atoms with Gasteiger partial charge in [-0.15, -0.1) is 0 Å². The SMILES string of the molecule is CS(=O)(=O)n1c(CCN(Cc2ccccc2)Cc2ccccc2)cc2ccccc21. The third-order valence-electron chi connectivity index (χ3n) is 5.25. The second-order valence-corrected chi connectivity index (χ2v) is 9.48. The average Bonchev–Trinajstić information content (AvgIpc) is 3.12. The Kier molecular flexibility index (Phi) is 6.02. The Balaban J connectivity index is 1.60. The lowest BCUT2D eigenvalue weighted by atomic mass is 10.1. The van der Waals surface area contributed by atoms with Gasteiger partial charge in [-0.1, -0.05) is 78.9 Å². The summed E-state index contributed by atoms with van der Waals surface area (Å²) >= 11 is 0. The molecule has 0 saturated heterocycles. The van der Waals surface area contributed by atoms with Crippen molar-refractivity contribution in [3.8, 4) is 0 Å². The van der Waals surface area contributed by atoms with E-state index in [1.54, 1.807) is 0 Å². The quantitative estimate of drug-likeness (QED) is 0.417. The molecule has 1 heterocycles. The molecule has 30 heavy (non-hydrogen) atoms. The normalized spacial score (nSPS) is 11.9. The van der Waals surface area contributed by atoms with Crippen molar-refractivity contribution in [2.45, 2.75) is 19.5 Å². The molecule has 0 bridgehead atoms. The first-order valence-electron chi connectivity index (χ1n) is 10.1. The van der Waals surface area contributed by atoms with Gasteiger partial charge in [0.05, 0.1) is 11.8 Å². The molecule has 5 heteroatoms. The van der Waals surface area contributed by atoms with Crippen molar-refractivity contribution in [1.29, 1.82) is 0 Å². The second kappa shape index (κ2) is 8.86. The van der Waals surface area contributed by atoms with Crippen LogP contribution in [0.4, 0.5) is 0 Å². The minimum Gasteiger partial charge on any atom is -0.294 e. The van der Waals surface area contributed by atoms with Gasteiger partial charge in [-0.25, -0.2) is 12.4 Å². The van der Waals surface area contributed by atoms with Crippen LogP contribution in [-0.4, -0.2) is 30.1 Å². The van der Waals surface area contributed by atoms with Crippen molar-refractivity contribution in [1.82, 2.24) is 8.87 Å². The maximum absolute atomic E-state index is 12.5. The van der Waals surface area contributed by atoms with Gasteiger partial charge in [0.15, 0.2) is 0 Å². The smallest absolute Gasteiger partial charge is 0.236 e. The highest BCUT2D eigenvalue weighted by Crippen LogP contribution is 2.22. The summed E-state index contributed by atoms with van der Waals surface area (Å²) in [5.41, 5.74) is 4.06. The molecule has 4 nitrogen and oxygen atoms in total. The standard InChI is InChI=1S/C25H26N2O2S/c1-30(28,29)27-24(18-23-14-8-9-15-25(23)27)16-17-26(19-21-10-4-2-5-11-21)20-22-12-6-3-7-13-22/h2-15,18H,16-17,19-20H2,1H3. The van der Waals surface area contributed by atoms with Crippen molar-refractivity contribution in [2.75, 3.05) is 12.8 Å². The molecule has 0 fully saturated rings. The predicted molar refractivity (Wildman–Crippen MR) is 123 cm³/mol. The van der Waals surface area contributed by atoms with Crippen LogP contribution in [0.5, 0.6) is 0 Å². The Morgan fingerprint density at radius 1 is 0.767 bits per heavy atom. The molecule has 0 saturated carbocycles. The van der Waals surface area contributed by atoms with Crippen molar-refractivity contribution in [3.63, 3.8) is 0 Å². The molecule has 0 atom stereocenters. The molecule has 0 aliphatic carbocycles. The number of rotatable bonds is 8. The summed E-state index contributed by atoms with van der Waals surface area (Å²) < 4.78 is 26.5. The van der Waals surface area contributed by atoms with E-state index in [-0.39, 0.29) is 0 Å². The maximum Gasteiger partial charge on any atom is 0.236 e. The summed E-state index contributed by atoms with van der Waals surface area (Å²) in [7, 11) is -3.38. The Labute approximate surface area is 178 Å². The third-order valence-corrected chi connectivity index (χ3v) is 6.35. The van der Waals surface area contributed by atoms with Gasteiger partial charge in [0.2, 0.25) is 10.0 Å². The molecule has 0 radical (unpaired) electrons. The average molecular weight is 419 g/mol. The summed E-state index contributed by atoms with van der Waals surface area (Å²) in [6.45, 7) is 2.39. The molecule has 0 aliphatic heterocycles. The third kappa shape index (κ3) is 4.81. The molecule has 154 valence electrons. The molecule has 4 rings (SSSR count). The minimum atomic E-state index is -3.38. The number of para-hydroxylation sites is 1. The Morgan fingerprint density at radius 2 is 1.30 bits per heavy atom. The first-order chi connectivity index (χ1) is 14.5. The fourth-order valence-electron chi connectivity index (χ4n) is 3.92. The van der Waals surface area contributed by atoms with E-state index in [0.717, 1.165) is 36.2 Å². The van der Waals surface area contributed by atoms with Gasteiger partial charge in [-0.3, -0.25) is 4.90 Å². The van der Waals surface area contributed by atoms with Gasteiger partial charge in [0, 0.05) is 37.1 Å². The topological polar surface area (TPSA) is 42.3 Å². The summed E-state index contributed by atoms with van der Waals surface area (Å²) in [5, 5.41) is 0.954. The van der Waals surface area contributed by atoms with Crippen LogP contribution >= 0.6 is 0 Å². The Bertz CT molecular complexity index is 1170. The highest BCUT2D eigenvalue weighted by atomic mass is 32.2. The molecule has 0 aliphatic rings. The zero-order valence-electron chi connectivity index (χ0n) is 17.1. The lowest BCUT2D eigenvalue weighted by Gasteiger charge is -2.23. The predicted octanol–water partition coefficient (Wildman–Crippen LogP) is 4.69. The molecular formula is C25H26N2O2S. The van der Waals surface area contributed by atoms with E-state index >= 15 is 0 Å². The fraction of sp³-hybridized carbons (Fsp3) is 0.200. The largest absolute Gasteiger partial charge is 0.294 e. The Morgan fingerprint density at radius 3 is 1.87 bits per heavy atom. The van der Waals surface area contributed by atoms with Crippen LogP contribution in [0.2, 0.25) is 0 Å². The molecule has 3 aromatic carbocycles. The van der Waals surface area contributed by atoms with Crippen molar-refractivity contribution >= 4 is 20.9 Å². The van der Waals surface area contributed by atoms with Crippen LogP contribution < -0.4 is 0 Å². The summed E-state index contributed by atoms with van der Waals surface area (Å²) in [4.78, 5) is 2.37. The highest BCUT2D eigenvalue weighted by Gasteiger charge is 2.17. The van der Waals surface area contributed by atoms with Gasteiger partial charge in [0.25, 0.3) is 0 Å². The van der Waals surface area contributed by atoms with E-state index in [0.29, 0.717) is 6.42 Å². The lowest BCUT2D eigenvalue weighted by molar-refractivity contribution is 0.259. The number of aromatic nitrogens is 1. The van der Waals surface area contributed by atoms with Crippen molar-refractivity contribution in [3.05, 3.63) is 108 Å². The van der Waals surface area contributed by atoms with Gasteiger partial charge < -0.3 is 0 Å². The highest BCUT2D eigenvalue weighted by molar-refractivity contribution is 7.89. The molecule has 0 amide bonds. The number of nitrogens with zero attached hydrogens (tertiary/aromatic N) is 2. The van der Waals surface area contributed by atoms with Gasteiger partial charge >= 0.3 is 0 Å². The lowest BCUT2D eigenvalue weighted by Crippen LogP contribution is -2.26. The zero-order chi connectivity index (χ0) is 21.0. The van der Waals surface area contributed by atoms with Crippen LogP contribution in [0.1, 0.15) is 16.8 Å². The van der Waals surface area contributed by atoms with Gasteiger partial charge in [-0.05, 0) is 23.3 Å². The maximum atomic E-state index is 12.5. The second-order valence-electron chi connectivity index (χ2n) is 7.65. The summed E-state index contributed by atoms with van der Waals surface area (Å²) in [6, 6.07) is 30.4. The van der Waals surface area contributed by atoms with E-state index in [1.807, 2.05) is 42.5 Å². The summed E-state index contributed by atoms with van der Waals surface area (Å²) in [6.07, 6.45) is 1.93. The van der Waals surface area contributed by atoms with Gasteiger partial charge in [0.1, 0.15) is 0 Å². The first kappa shape index (κ1) is 20.4. The molecule has 0 N–H and O–H groups in total. The first-order valence-corrected chi connectivity index (χ1v) is 12.0. The van der Waals surface area contributed by atoms with E-state index in [1.165, 1.54) is 21.4 Å². The fourth-order valence-corrected chi connectivity index (χ4v) is 5.02. The van der Waals surface area contributed by atoms with Crippen LogP contribution in [0, 0.1) is 0 Å². The number of fused-ring (bicyclic) bond motifs is 1. The van der Waals surface area contributed by atoms with Crippen molar-refractivity contribution in [2.24, 2.45) is 0 Å². The van der Waals surface area contributed by atoms with E-state index < -0.39 is 10.0 Å². The number of benzene rings is 3. The van der Waals surface area contributed by atoms with E-state index in [4.69, 9.17) is 0 Å². The molecular weight excluding hydrogens is 392 g/mol. The van der Waals surface area contributed by atoms with Crippen LogP contribution in [0.25, 0.3) is 10.9 Å². The van der Waals surface area contributed by atoms with E-state index in [9.17, 15) is 8.42 Å².